The first-order valence-electron chi connectivity index (χ1n) is 6.51. The average Bonchev–Trinajstić information content (AvgIpc) is 3.12. The molecule has 0 N–H and O–H groups in total. The predicted octanol–water partition coefficient (Wildman–Crippen LogP) is 1.02. The molecule has 1 fully saturated rings. The average molecular weight is 289 g/mol. The van der Waals surface area contributed by atoms with Crippen LogP contribution in [0.5, 0.6) is 0 Å². The first-order valence-corrected chi connectivity index (χ1v) is 7.67. The van der Waals surface area contributed by atoms with Gasteiger partial charge in [-0.1, -0.05) is 6.07 Å². The highest BCUT2D eigenvalue weighted by atomic mass is 32.2. The van der Waals surface area contributed by atoms with Crippen molar-refractivity contribution in [3.63, 3.8) is 0 Å². The minimum absolute atomic E-state index is 0.250. The van der Waals surface area contributed by atoms with E-state index < -0.39 is 0 Å². The number of nitrogens with zero attached hydrogens (tertiary/aromatic N) is 3. The Kier molecular flexibility index (Phi) is 3.84. The summed E-state index contributed by atoms with van der Waals surface area (Å²) in [5.74, 6) is 1.22. The van der Waals surface area contributed by atoms with Gasteiger partial charge in [-0.05, 0) is 12.1 Å². The molecule has 0 amide bonds. The lowest BCUT2D eigenvalue weighted by molar-refractivity contribution is -0.132. The largest absolute Gasteiger partial charge is 0.304 e. The summed E-state index contributed by atoms with van der Waals surface area (Å²) >= 11 is 1.70. The van der Waals surface area contributed by atoms with Gasteiger partial charge in [0, 0.05) is 42.7 Å². The van der Waals surface area contributed by atoms with Gasteiger partial charge in [0.1, 0.15) is 5.65 Å². The molecule has 0 bridgehead atoms. The number of imidazole rings is 1. The van der Waals surface area contributed by atoms with Crippen LogP contribution >= 0.6 is 11.8 Å². The molecule has 6 heteroatoms. The highest BCUT2D eigenvalue weighted by molar-refractivity contribution is 7.99. The smallest absolute Gasteiger partial charge is 0.213 e. The van der Waals surface area contributed by atoms with Gasteiger partial charge in [0.2, 0.25) is 5.78 Å². The number of fused-ring (bicyclic) bond motifs is 1. The van der Waals surface area contributed by atoms with Gasteiger partial charge in [-0.3, -0.25) is 14.5 Å². The molecule has 1 aliphatic rings. The zero-order valence-corrected chi connectivity index (χ0v) is 11.8. The molecule has 2 aromatic rings. The van der Waals surface area contributed by atoms with Crippen LogP contribution in [0.2, 0.25) is 0 Å². The minimum atomic E-state index is -0.309. The Morgan fingerprint density at radius 3 is 3.25 bits per heavy atom. The summed E-state index contributed by atoms with van der Waals surface area (Å²) in [6.45, 7) is 0.772. The van der Waals surface area contributed by atoms with E-state index in [1.165, 1.54) is 0 Å². The van der Waals surface area contributed by atoms with E-state index in [4.69, 9.17) is 0 Å². The van der Waals surface area contributed by atoms with Crippen molar-refractivity contribution in [2.75, 3.05) is 18.2 Å². The van der Waals surface area contributed by atoms with Gasteiger partial charge in [-0.2, -0.15) is 0 Å². The van der Waals surface area contributed by atoms with Crippen molar-refractivity contribution in [3.8, 4) is 0 Å². The fraction of sp³-hybridized carbons (Fsp3) is 0.357. The van der Waals surface area contributed by atoms with Crippen LogP contribution in [0.15, 0.2) is 30.6 Å². The Morgan fingerprint density at radius 1 is 1.50 bits per heavy atom. The molecule has 5 nitrogen and oxygen atoms in total. The first-order chi connectivity index (χ1) is 9.79. The standard InChI is InChI=1S/C14H15N3O2S/c18-8-13(19)12-9-20-10-16(12)6-4-11-2-1-3-14-15-5-7-17(11)14/h1-3,5,7-8,12H,4,6,9-10H2. The van der Waals surface area contributed by atoms with Gasteiger partial charge in [0.05, 0.1) is 6.04 Å². The molecular formula is C14H15N3O2S. The molecule has 1 atom stereocenters. The number of aromatic nitrogens is 2. The van der Waals surface area contributed by atoms with Crippen LogP contribution in [0.25, 0.3) is 5.65 Å². The van der Waals surface area contributed by atoms with E-state index in [9.17, 15) is 9.59 Å². The maximum absolute atomic E-state index is 11.6. The second-order valence-electron chi connectivity index (χ2n) is 4.77. The lowest BCUT2D eigenvalue weighted by atomic mass is 10.2. The van der Waals surface area contributed by atoms with E-state index >= 15 is 0 Å². The van der Waals surface area contributed by atoms with Crippen LogP contribution < -0.4 is 0 Å². The second-order valence-corrected chi connectivity index (χ2v) is 5.77. The number of rotatable bonds is 5. The van der Waals surface area contributed by atoms with Crippen LogP contribution in [0.1, 0.15) is 5.69 Å². The van der Waals surface area contributed by atoms with Crippen LogP contribution in [0.3, 0.4) is 0 Å². The summed E-state index contributed by atoms with van der Waals surface area (Å²) in [6.07, 6.45) is 5.00. The molecule has 2 aromatic heterocycles. The Balaban J connectivity index is 1.71. The number of hydrogen-bond acceptors (Lipinski definition) is 5. The first kappa shape index (κ1) is 13.3. The third-order valence-corrected chi connectivity index (χ3v) is 4.65. The highest BCUT2D eigenvalue weighted by Crippen LogP contribution is 2.21. The molecule has 1 saturated heterocycles. The van der Waals surface area contributed by atoms with Crippen molar-refractivity contribution in [1.82, 2.24) is 14.3 Å². The molecule has 3 heterocycles. The van der Waals surface area contributed by atoms with Crippen molar-refractivity contribution in [1.29, 1.82) is 0 Å². The van der Waals surface area contributed by atoms with Gasteiger partial charge >= 0.3 is 0 Å². The summed E-state index contributed by atoms with van der Waals surface area (Å²) in [4.78, 5) is 28.6. The van der Waals surface area contributed by atoms with Gasteiger partial charge < -0.3 is 4.40 Å². The van der Waals surface area contributed by atoms with Crippen LogP contribution in [-0.2, 0) is 16.0 Å². The zero-order valence-electron chi connectivity index (χ0n) is 10.9. The minimum Gasteiger partial charge on any atom is -0.304 e. The van der Waals surface area contributed by atoms with Crippen LogP contribution in [0.4, 0.5) is 0 Å². The number of pyridine rings is 1. The van der Waals surface area contributed by atoms with E-state index in [0.717, 1.165) is 30.2 Å². The molecule has 3 rings (SSSR count). The molecule has 1 unspecified atom stereocenters. The number of Topliss-reactive ketones (excluding diaryl/α,β-unsaturated/α-hetero) is 1. The molecule has 0 aromatic carbocycles. The summed E-state index contributed by atoms with van der Waals surface area (Å²) in [6, 6.07) is 5.77. The van der Waals surface area contributed by atoms with E-state index in [-0.39, 0.29) is 11.8 Å². The molecule has 1 aliphatic heterocycles. The lowest BCUT2D eigenvalue weighted by Crippen LogP contribution is -2.39. The SMILES string of the molecule is O=CC(=O)C1CSCN1CCc1cccc2nccn12. The monoisotopic (exact) mass is 289 g/mol. The highest BCUT2D eigenvalue weighted by Gasteiger charge is 2.30. The summed E-state index contributed by atoms with van der Waals surface area (Å²) < 4.78 is 2.06. The van der Waals surface area contributed by atoms with Crippen molar-refractivity contribution >= 4 is 29.5 Å². The van der Waals surface area contributed by atoms with E-state index in [2.05, 4.69) is 20.4 Å². The molecule has 104 valence electrons. The second kappa shape index (κ2) is 5.76. The Labute approximate surface area is 121 Å². The van der Waals surface area contributed by atoms with Crippen LogP contribution in [0, 0.1) is 0 Å². The van der Waals surface area contributed by atoms with Gasteiger partial charge in [-0.15, -0.1) is 11.8 Å². The number of thioether (sulfide) groups is 1. The lowest BCUT2D eigenvalue weighted by Gasteiger charge is -2.20. The molecule has 0 saturated carbocycles. The summed E-state index contributed by atoms with van der Waals surface area (Å²) in [5, 5.41) is 0. The summed E-state index contributed by atoms with van der Waals surface area (Å²) in [7, 11) is 0. The predicted molar refractivity (Wildman–Crippen MR) is 77.8 cm³/mol. The van der Waals surface area contributed by atoms with Crippen molar-refractivity contribution in [3.05, 3.63) is 36.3 Å². The number of carbonyl (C=O) groups is 2. The van der Waals surface area contributed by atoms with E-state index in [1.807, 2.05) is 18.3 Å². The molecular weight excluding hydrogens is 274 g/mol. The van der Waals surface area contributed by atoms with Crippen LogP contribution in [-0.4, -0.2) is 50.6 Å². The van der Waals surface area contributed by atoms with E-state index in [1.54, 1.807) is 18.0 Å². The molecule has 0 radical (unpaired) electrons. The zero-order chi connectivity index (χ0) is 13.9. The third kappa shape index (κ3) is 2.48. The number of aldehydes is 1. The van der Waals surface area contributed by atoms with E-state index in [0.29, 0.717) is 12.0 Å². The molecule has 0 aliphatic carbocycles. The van der Waals surface area contributed by atoms with Gasteiger partial charge in [-0.25, -0.2) is 4.98 Å². The maximum Gasteiger partial charge on any atom is 0.213 e. The fourth-order valence-electron chi connectivity index (χ4n) is 2.51. The summed E-state index contributed by atoms with van der Waals surface area (Å²) in [5.41, 5.74) is 2.09. The third-order valence-electron chi connectivity index (χ3n) is 3.59. The maximum atomic E-state index is 11.6. The Bertz CT molecular complexity index is 640. The number of hydrogen-bond donors (Lipinski definition) is 0. The van der Waals surface area contributed by atoms with Gasteiger partial charge in [0.25, 0.3) is 0 Å². The molecule has 0 spiro atoms. The topological polar surface area (TPSA) is 54.7 Å². The normalized spacial score (nSPS) is 19.5. The number of ketones is 1. The number of carbonyl (C=O) groups excluding carboxylic acids is 2. The van der Waals surface area contributed by atoms with Crippen molar-refractivity contribution in [2.24, 2.45) is 0 Å². The van der Waals surface area contributed by atoms with Crippen molar-refractivity contribution < 1.29 is 9.59 Å². The van der Waals surface area contributed by atoms with Crippen molar-refractivity contribution in [2.45, 2.75) is 12.5 Å². The Hall–Kier alpha value is -1.66. The molecule has 20 heavy (non-hydrogen) atoms. The fourth-order valence-corrected chi connectivity index (χ4v) is 3.75. The van der Waals surface area contributed by atoms with Gasteiger partial charge in [0.15, 0.2) is 6.29 Å². The quantitative estimate of drug-likeness (QED) is 0.607. The Morgan fingerprint density at radius 2 is 2.40 bits per heavy atom.